The van der Waals surface area contributed by atoms with Gasteiger partial charge in [0.1, 0.15) is 0 Å². The van der Waals surface area contributed by atoms with Gasteiger partial charge in [0.2, 0.25) is 0 Å². The summed E-state index contributed by atoms with van der Waals surface area (Å²) in [7, 11) is 0. The maximum absolute atomic E-state index is 12.2. The molecule has 100 valence electrons. The smallest absolute Gasteiger partial charge is 0.342 e. The molecule has 0 bridgehead atoms. The Labute approximate surface area is 117 Å². The van der Waals surface area contributed by atoms with Gasteiger partial charge in [-0.1, -0.05) is 12.1 Å². The summed E-state index contributed by atoms with van der Waals surface area (Å²) in [4.78, 5) is 14.1. The molecule has 0 spiro atoms. The third-order valence-electron chi connectivity index (χ3n) is 3.57. The van der Waals surface area contributed by atoms with E-state index < -0.39 is 5.72 Å². The second kappa shape index (κ2) is 3.70. The Morgan fingerprint density at radius 1 is 1.32 bits per heavy atom. The molecule has 3 rings (SSSR count). The van der Waals surface area contributed by atoms with Gasteiger partial charge >= 0.3 is 5.97 Å². The van der Waals surface area contributed by atoms with E-state index in [1.807, 2.05) is 30.0 Å². The normalized spacial score (nSPS) is 28.1. The zero-order valence-electron chi connectivity index (χ0n) is 11.2. The van der Waals surface area contributed by atoms with Gasteiger partial charge in [-0.3, -0.25) is 4.90 Å². The number of ether oxygens (including phenoxy) is 1. The van der Waals surface area contributed by atoms with Gasteiger partial charge in [-0.25, -0.2) is 4.79 Å². The molecule has 1 N–H and O–H groups in total. The van der Waals surface area contributed by atoms with E-state index in [-0.39, 0.29) is 11.5 Å². The summed E-state index contributed by atoms with van der Waals surface area (Å²) < 4.78 is 5.67. The lowest BCUT2D eigenvalue weighted by Crippen LogP contribution is -2.69. The van der Waals surface area contributed by atoms with E-state index in [9.17, 15) is 4.79 Å². The first kappa shape index (κ1) is 12.4. The highest BCUT2D eigenvalue weighted by molar-refractivity contribution is 7.80. The van der Waals surface area contributed by atoms with Gasteiger partial charge in [-0.05, 0) is 45.1 Å². The zero-order chi connectivity index (χ0) is 13.8. The van der Waals surface area contributed by atoms with Crippen molar-refractivity contribution in [2.24, 2.45) is 0 Å². The third kappa shape index (κ3) is 1.80. The number of nitrogens with zero attached hydrogens (tertiary/aromatic N) is 1. The van der Waals surface area contributed by atoms with Crippen LogP contribution in [0.15, 0.2) is 24.3 Å². The van der Waals surface area contributed by atoms with Crippen LogP contribution < -0.4 is 10.2 Å². The van der Waals surface area contributed by atoms with Crippen LogP contribution in [0.4, 0.5) is 5.69 Å². The molecule has 0 amide bonds. The topological polar surface area (TPSA) is 41.6 Å². The van der Waals surface area contributed by atoms with Crippen LogP contribution in [0.1, 0.15) is 37.6 Å². The fraction of sp³-hybridized carbons (Fsp3) is 0.429. The van der Waals surface area contributed by atoms with Crippen LogP contribution in [0.3, 0.4) is 0 Å². The Kier molecular flexibility index (Phi) is 2.41. The molecule has 2 aliphatic rings. The first-order valence-corrected chi connectivity index (χ1v) is 6.68. The Hall–Kier alpha value is -1.62. The Balaban J connectivity index is 2.16. The van der Waals surface area contributed by atoms with Gasteiger partial charge in [0.15, 0.2) is 10.8 Å². The van der Waals surface area contributed by atoms with E-state index in [4.69, 9.17) is 17.0 Å². The van der Waals surface area contributed by atoms with Crippen molar-refractivity contribution in [2.45, 2.75) is 38.5 Å². The predicted octanol–water partition coefficient (Wildman–Crippen LogP) is 2.44. The summed E-state index contributed by atoms with van der Waals surface area (Å²) in [5, 5.41) is 3.90. The van der Waals surface area contributed by atoms with Gasteiger partial charge in [-0.2, -0.15) is 0 Å². The number of anilines is 1. The molecular weight excluding hydrogens is 260 g/mol. The summed E-state index contributed by atoms with van der Waals surface area (Å²) >= 11 is 5.46. The Morgan fingerprint density at radius 2 is 2.00 bits per heavy atom. The van der Waals surface area contributed by atoms with E-state index in [0.29, 0.717) is 17.1 Å². The third-order valence-corrected chi connectivity index (χ3v) is 3.85. The molecule has 5 heteroatoms. The number of rotatable bonds is 0. The first-order valence-electron chi connectivity index (χ1n) is 6.27. The lowest BCUT2D eigenvalue weighted by atomic mass is 9.88. The van der Waals surface area contributed by atoms with Crippen molar-refractivity contribution in [1.82, 2.24) is 5.32 Å². The van der Waals surface area contributed by atoms with Gasteiger partial charge < -0.3 is 10.1 Å². The number of benzene rings is 1. The summed E-state index contributed by atoms with van der Waals surface area (Å²) in [6, 6.07) is 7.40. The number of esters is 1. The number of hydrogen-bond donors (Lipinski definition) is 1. The molecule has 0 saturated carbocycles. The van der Waals surface area contributed by atoms with Gasteiger partial charge in [0.05, 0.1) is 11.3 Å². The molecule has 2 aliphatic heterocycles. The molecule has 0 aliphatic carbocycles. The number of carbonyl (C=O) groups is 1. The van der Waals surface area contributed by atoms with Gasteiger partial charge in [-0.15, -0.1) is 0 Å². The van der Waals surface area contributed by atoms with Crippen molar-refractivity contribution in [3.05, 3.63) is 29.8 Å². The number of fused-ring (bicyclic) bond motifs is 3. The lowest BCUT2D eigenvalue weighted by Gasteiger charge is -2.53. The molecule has 4 nitrogen and oxygen atoms in total. The van der Waals surface area contributed by atoms with Crippen LogP contribution in [-0.4, -0.2) is 22.3 Å². The van der Waals surface area contributed by atoms with E-state index in [0.717, 1.165) is 5.69 Å². The Bertz CT molecular complexity index is 585. The number of nitrogens with one attached hydrogen (secondary N) is 1. The quantitative estimate of drug-likeness (QED) is 0.582. The molecule has 2 heterocycles. The average Bonchev–Trinajstić information content (AvgIpc) is 2.25. The molecule has 1 aromatic rings. The van der Waals surface area contributed by atoms with Crippen LogP contribution in [0.25, 0.3) is 0 Å². The van der Waals surface area contributed by atoms with Crippen LogP contribution >= 0.6 is 12.2 Å². The zero-order valence-corrected chi connectivity index (χ0v) is 12.0. The van der Waals surface area contributed by atoms with Crippen molar-refractivity contribution >= 4 is 29.0 Å². The Morgan fingerprint density at radius 3 is 2.74 bits per heavy atom. The van der Waals surface area contributed by atoms with E-state index in [2.05, 4.69) is 19.2 Å². The number of thiocarbonyl (C=S) groups is 1. The van der Waals surface area contributed by atoms with Crippen LogP contribution in [0, 0.1) is 0 Å². The molecule has 1 unspecified atom stereocenters. The molecule has 19 heavy (non-hydrogen) atoms. The second-order valence-electron chi connectivity index (χ2n) is 5.91. The molecule has 0 aromatic heterocycles. The first-order chi connectivity index (χ1) is 8.82. The van der Waals surface area contributed by atoms with Crippen molar-refractivity contribution in [3.63, 3.8) is 0 Å². The highest BCUT2D eigenvalue weighted by Crippen LogP contribution is 2.41. The largest absolute Gasteiger partial charge is 0.435 e. The minimum absolute atomic E-state index is 0.200. The maximum atomic E-state index is 12.2. The number of para-hydroxylation sites is 1. The van der Waals surface area contributed by atoms with Crippen LogP contribution in [0.5, 0.6) is 0 Å². The maximum Gasteiger partial charge on any atom is 0.342 e. The second-order valence-corrected chi connectivity index (χ2v) is 6.29. The summed E-state index contributed by atoms with van der Waals surface area (Å²) in [5.41, 5.74) is 0.449. The highest BCUT2D eigenvalue weighted by Gasteiger charge is 2.51. The highest BCUT2D eigenvalue weighted by atomic mass is 32.1. The standard InChI is InChI=1S/C14H16N2O2S/c1-13(2)8-14(3)16(12(19)15-13)10-7-5-4-6-9(10)11(17)18-14/h4-7H,8H2,1-3H3,(H,15,19). The molecule has 1 fully saturated rings. The SMILES string of the molecule is CC1(C)CC2(C)OC(=O)c3ccccc3N2C(=S)N1. The van der Waals surface area contributed by atoms with Crippen LogP contribution in [-0.2, 0) is 4.74 Å². The number of carbonyl (C=O) groups excluding carboxylic acids is 1. The van der Waals surface area contributed by atoms with E-state index >= 15 is 0 Å². The molecule has 0 radical (unpaired) electrons. The lowest BCUT2D eigenvalue weighted by molar-refractivity contribution is -0.0276. The molecular formula is C14H16N2O2S. The summed E-state index contributed by atoms with van der Waals surface area (Å²) in [5.74, 6) is -0.283. The van der Waals surface area contributed by atoms with E-state index in [1.54, 1.807) is 6.07 Å². The van der Waals surface area contributed by atoms with Gasteiger partial charge in [0, 0.05) is 12.0 Å². The van der Waals surface area contributed by atoms with Gasteiger partial charge in [0.25, 0.3) is 0 Å². The monoisotopic (exact) mass is 276 g/mol. The predicted molar refractivity (Wildman–Crippen MR) is 77.2 cm³/mol. The van der Waals surface area contributed by atoms with E-state index in [1.165, 1.54) is 0 Å². The van der Waals surface area contributed by atoms with Crippen LogP contribution in [0.2, 0.25) is 0 Å². The van der Waals surface area contributed by atoms with Crippen molar-refractivity contribution < 1.29 is 9.53 Å². The van der Waals surface area contributed by atoms with Crippen molar-refractivity contribution in [1.29, 1.82) is 0 Å². The molecule has 1 aromatic carbocycles. The number of hydrogen-bond acceptors (Lipinski definition) is 3. The fourth-order valence-corrected chi connectivity index (χ4v) is 3.61. The average molecular weight is 276 g/mol. The minimum Gasteiger partial charge on any atom is -0.435 e. The minimum atomic E-state index is -0.725. The summed E-state index contributed by atoms with van der Waals surface area (Å²) in [6.07, 6.45) is 0.667. The molecule has 1 saturated heterocycles. The van der Waals surface area contributed by atoms with Crippen molar-refractivity contribution in [3.8, 4) is 0 Å². The van der Waals surface area contributed by atoms with Crippen molar-refractivity contribution in [2.75, 3.05) is 4.90 Å². The fourth-order valence-electron chi connectivity index (χ4n) is 3.05. The summed E-state index contributed by atoms with van der Waals surface area (Å²) in [6.45, 7) is 6.02. The molecule has 1 atom stereocenters.